The Balaban J connectivity index is 1.85. The first kappa shape index (κ1) is 15.6. The fraction of sp³-hybridized carbons (Fsp3) is 0.500. The highest BCUT2D eigenvalue weighted by molar-refractivity contribution is 5.83. The summed E-state index contributed by atoms with van der Waals surface area (Å²) in [5, 5.41) is 4.43. The average Bonchev–Trinajstić information content (AvgIpc) is 2.90. The third kappa shape index (κ3) is 3.87. The topological polar surface area (TPSA) is 44.9 Å². The first-order valence-electron chi connectivity index (χ1n) is 7.94. The molecule has 0 aliphatic carbocycles. The Labute approximate surface area is 127 Å². The molecule has 0 aliphatic heterocycles. The van der Waals surface area contributed by atoms with Crippen LogP contribution in [0.25, 0.3) is 10.9 Å². The predicted molar refractivity (Wildman–Crippen MR) is 88.4 cm³/mol. The molecule has 0 aliphatic rings. The van der Waals surface area contributed by atoms with Crippen LogP contribution in [-0.2, 0) is 11.2 Å². The van der Waals surface area contributed by atoms with Gasteiger partial charge in [0.15, 0.2) is 0 Å². The van der Waals surface area contributed by atoms with Crippen LogP contribution >= 0.6 is 0 Å². The van der Waals surface area contributed by atoms with Gasteiger partial charge in [-0.15, -0.1) is 0 Å². The summed E-state index contributed by atoms with van der Waals surface area (Å²) in [5.41, 5.74) is 2.41. The van der Waals surface area contributed by atoms with Crippen molar-refractivity contribution < 1.29 is 4.79 Å². The van der Waals surface area contributed by atoms with Crippen LogP contribution in [0.2, 0.25) is 0 Å². The monoisotopic (exact) mass is 286 g/mol. The van der Waals surface area contributed by atoms with E-state index in [1.54, 1.807) is 0 Å². The highest BCUT2D eigenvalue weighted by atomic mass is 16.1. The number of para-hydroxylation sites is 1. The predicted octanol–water partition coefficient (Wildman–Crippen LogP) is 4.19. The summed E-state index contributed by atoms with van der Waals surface area (Å²) >= 11 is 0. The molecule has 1 aromatic carbocycles. The van der Waals surface area contributed by atoms with Crippen molar-refractivity contribution in [1.82, 2.24) is 10.3 Å². The molecule has 0 spiro atoms. The van der Waals surface area contributed by atoms with E-state index in [1.807, 2.05) is 6.07 Å². The summed E-state index contributed by atoms with van der Waals surface area (Å²) in [4.78, 5) is 15.3. The Bertz CT molecular complexity index is 596. The fourth-order valence-corrected chi connectivity index (χ4v) is 2.60. The van der Waals surface area contributed by atoms with Crippen LogP contribution in [0.15, 0.2) is 30.5 Å². The van der Waals surface area contributed by atoms with Gasteiger partial charge >= 0.3 is 0 Å². The molecule has 0 radical (unpaired) electrons. The van der Waals surface area contributed by atoms with Crippen LogP contribution < -0.4 is 5.32 Å². The van der Waals surface area contributed by atoms with Crippen LogP contribution in [0.1, 0.15) is 52.0 Å². The van der Waals surface area contributed by atoms with Crippen molar-refractivity contribution in [3.05, 3.63) is 36.0 Å². The number of rotatable bonds is 7. The molecule has 2 rings (SSSR count). The van der Waals surface area contributed by atoms with Gasteiger partial charge in [-0.25, -0.2) is 0 Å². The van der Waals surface area contributed by atoms with E-state index in [9.17, 15) is 4.79 Å². The van der Waals surface area contributed by atoms with Crippen molar-refractivity contribution >= 4 is 16.8 Å². The van der Waals surface area contributed by atoms with Crippen LogP contribution in [0.4, 0.5) is 0 Å². The van der Waals surface area contributed by atoms with Gasteiger partial charge in [-0.1, -0.05) is 32.0 Å². The summed E-state index contributed by atoms with van der Waals surface area (Å²) < 4.78 is 0. The number of aromatic nitrogens is 1. The molecule has 2 N–H and O–H groups in total. The van der Waals surface area contributed by atoms with Crippen LogP contribution in [0, 0.1) is 0 Å². The Morgan fingerprint density at radius 3 is 2.67 bits per heavy atom. The maximum Gasteiger partial charge on any atom is 0.220 e. The van der Waals surface area contributed by atoms with E-state index >= 15 is 0 Å². The number of H-pyrrole nitrogens is 1. The molecule has 1 amide bonds. The first-order valence-corrected chi connectivity index (χ1v) is 7.94. The molecule has 3 heteroatoms. The molecule has 0 saturated carbocycles. The molecular weight excluding hydrogens is 260 g/mol. The molecule has 114 valence electrons. The zero-order valence-electron chi connectivity index (χ0n) is 13.3. The zero-order valence-corrected chi connectivity index (χ0v) is 13.3. The number of amides is 1. The molecule has 0 bridgehead atoms. The molecule has 3 nitrogen and oxygen atoms in total. The van der Waals surface area contributed by atoms with Crippen LogP contribution in [0.5, 0.6) is 0 Å². The van der Waals surface area contributed by atoms with Crippen LogP contribution in [-0.4, -0.2) is 16.4 Å². The van der Waals surface area contributed by atoms with Gasteiger partial charge in [-0.2, -0.15) is 0 Å². The summed E-state index contributed by atoms with van der Waals surface area (Å²) in [6.07, 6.45) is 6.42. The molecule has 0 unspecified atom stereocenters. The standard InChI is InChI=1S/C18H26N2O/c1-4-18(3,5-2)20-17(21)12-8-9-14-13-19-16-11-7-6-10-15(14)16/h6-7,10-11,13,19H,4-5,8-9,12H2,1-3H3,(H,20,21). The fourth-order valence-electron chi connectivity index (χ4n) is 2.60. The van der Waals surface area contributed by atoms with Gasteiger partial charge in [-0.05, 0) is 44.2 Å². The van der Waals surface area contributed by atoms with Gasteiger partial charge < -0.3 is 10.3 Å². The van der Waals surface area contributed by atoms with Crippen molar-refractivity contribution in [3.63, 3.8) is 0 Å². The third-order valence-corrected chi connectivity index (χ3v) is 4.53. The molecule has 0 fully saturated rings. The number of nitrogens with one attached hydrogen (secondary N) is 2. The number of carbonyl (C=O) groups is 1. The normalized spacial score (nSPS) is 11.8. The van der Waals surface area contributed by atoms with Gasteiger partial charge in [0.1, 0.15) is 0 Å². The maximum atomic E-state index is 12.0. The lowest BCUT2D eigenvalue weighted by molar-refractivity contribution is -0.123. The highest BCUT2D eigenvalue weighted by Crippen LogP contribution is 2.20. The number of aromatic amines is 1. The van der Waals surface area contributed by atoms with E-state index < -0.39 is 0 Å². The molecular formula is C18H26N2O. The lowest BCUT2D eigenvalue weighted by atomic mass is 9.95. The Kier molecular flexibility index (Phi) is 5.05. The second-order valence-electron chi connectivity index (χ2n) is 6.03. The quantitative estimate of drug-likeness (QED) is 0.787. The number of fused-ring (bicyclic) bond motifs is 1. The number of hydrogen-bond donors (Lipinski definition) is 2. The minimum absolute atomic E-state index is 0.0577. The highest BCUT2D eigenvalue weighted by Gasteiger charge is 2.21. The molecule has 1 aromatic heterocycles. The van der Waals surface area contributed by atoms with Gasteiger partial charge in [0.25, 0.3) is 0 Å². The Hall–Kier alpha value is -1.77. The van der Waals surface area contributed by atoms with E-state index in [0.717, 1.165) is 25.7 Å². The minimum atomic E-state index is -0.0577. The Morgan fingerprint density at radius 2 is 1.95 bits per heavy atom. The van der Waals surface area contributed by atoms with Gasteiger partial charge in [0.2, 0.25) is 5.91 Å². The Morgan fingerprint density at radius 1 is 1.24 bits per heavy atom. The lowest BCUT2D eigenvalue weighted by Gasteiger charge is -2.28. The SMILES string of the molecule is CCC(C)(CC)NC(=O)CCCc1c[nH]c2ccccc12. The summed E-state index contributed by atoms with van der Waals surface area (Å²) in [5.74, 6) is 0.168. The average molecular weight is 286 g/mol. The van der Waals surface area contributed by atoms with E-state index in [-0.39, 0.29) is 11.4 Å². The van der Waals surface area contributed by atoms with Gasteiger partial charge in [-0.3, -0.25) is 4.79 Å². The molecule has 21 heavy (non-hydrogen) atoms. The zero-order chi connectivity index (χ0) is 15.3. The minimum Gasteiger partial charge on any atom is -0.361 e. The molecule has 2 aromatic rings. The number of benzene rings is 1. The third-order valence-electron chi connectivity index (χ3n) is 4.53. The van der Waals surface area contributed by atoms with Crippen molar-refractivity contribution in [3.8, 4) is 0 Å². The van der Waals surface area contributed by atoms with Crippen molar-refractivity contribution in [2.24, 2.45) is 0 Å². The molecule has 1 heterocycles. The van der Waals surface area contributed by atoms with Crippen molar-refractivity contribution in [2.45, 2.75) is 58.4 Å². The van der Waals surface area contributed by atoms with Crippen molar-refractivity contribution in [1.29, 1.82) is 0 Å². The smallest absolute Gasteiger partial charge is 0.220 e. The molecule has 0 saturated heterocycles. The second kappa shape index (κ2) is 6.79. The number of aryl methyl sites for hydroxylation is 1. The second-order valence-corrected chi connectivity index (χ2v) is 6.03. The summed E-state index contributed by atoms with van der Waals surface area (Å²) in [7, 11) is 0. The van der Waals surface area contributed by atoms with Crippen LogP contribution in [0.3, 0.4) is 0 Å². The maximum absolute atomic E-state index is 12.0. The molecule has 0 atom stereocenters. The lowest BCUT2D eigenvalue weighted by Crippen LogP contribution is -2.44. The number of carbonyl (C=O) groups excluding carboxylic acids is 1. The van der Waals surface area contributed by atoms with Crippen molar-refractivity contribution in [2.75, 3.05) is 0 Å². The van der Waals surface area contributed by atoms with E-state index in [1.165, 1.54) is 16.5 Å². The first-order chi connectivity index (χ1) is 10.1. The van der Waals surface area contributed by atoms with Gasteiger partial charge in [0.05, 0.1) is 0 Å². The number of hydrogen-bond acceptors (Lipinski definition) is 1. The van der Waals surface area contributed by atoms with Gasteiger partial charge in [0, 0.05) is 29.1 Å². The summed E-state index contributed by atoms with van der Waals surface area (Å²) in [6.45, 7) is 6.36. The largest absolute Gasteiger partial charge is 0.361 e. The van der Waals surface area contributed by atoms with E-state index in [0.29, 0.717) is 6.42 Å². The summed E-state index contributed by atoms with van der Waals surface area (Å²) in [6, 6.07) is 8.30. The van der Waals surface area contributed by atoms with E-state index in [2.05, 4.69) is 55.5 Å². The van der Waals surface area contributed by atoms with E-state index in [4.69, 9.17) is 0 Å².